The van der Waals surface area contributed by atoms with Crippen molar-refractivity contribution in [1.29, 1.82) is 0 Å². The van der Waals surface area contributed by atoms with Gasteiger partial charge in [0.15, 0.2) is 5.65 Å². The monoisotopic (exact) mass is 298 g/mol. The standard InChI is InChI=1S/C15H11ClN4O/c1-9-6-11(16)2-3-12(9)20-15(21)10-7-13-14(19-8-10)18-5-4-17-13/h2-8H,1H3,(H,20,21). The molecule has 1 aromatic carbocycles. The molecule has 104 valence electrons. The Kier molecular flexibility index (Phi) is 3.50. The van der Waals surface area contributed by atoms with Crippen molar-refractivity contribution in [2.24, 2.45) is 0 Å². The van der Waals surface area contributed by atoms with Crippen molar-refractivity contribution < 1.29 is 4.79 Å². The summed E-state index contributed by atoms with van der Waals surface area (Å²) < 4.78 is 0. The van der Waals surface area contributed by atoms with Gasteiger partial charge in [0.05, 0.1) is 5.56 Å². The Bertz CT molecular complexity index is 835. The first kappa shape index (κ1) is 13.5. The van der Waals surface area contributed by atoms with Crippen molar-refractivity contribution in [1.82, 2.24) is 15.0 Å². The second-order valence-corrected chi connectivity index (χ2v) is 4.97. The molecule has 3 aromatic rings. The molecule has 0 saturated carbocycles. The molecule has 0 aliphatic rings. The maximum atomic E-state index is 12.3. The number of fused-ring (bicyclic) bond motifs is 1. The lowest BCUT2D eigenvalue weighted by Crippen LogP contribution is -2.13. The van der Waals surface area contributed by atoms with Crippen molar-refractivity contribution in [3.8, 4) is 0 Å². The highest BCUT2D eigenvalue weighted by Crippen LogP contribution is 2.20. The van der Waals surface area contributed by atoms with Crippen molar-refractivity contribution >= 4 is 34.4 Å². The summed E-state index contributed by atoms with van der Waals surface area (Å²) in [5.74, 6) is -0.250. The van der Waals surface area contributed by atoms with Gasteiger partial charge in [0, 0.05) is 29.3 Å². The summed E-state index contributed by atoms with van der Waals surface area (Å²) in [6, 6.07) is 6.95. The molecule has 2 aromatic heterocycles. The quantitative estimate of drug-likeness (QED) is 0.788. The minimum atomic E-state index is -0.250. The summed E-state index contributed by atoms with van der Waals surface area (Å²) in [6.07, 6.45) is 4.61. The van der Waals surface area contributed by atoms with E-state index in [1.165, 1.54) is 6.20 Å². The number of rotatable bonds is 2. The van der Waals surface area contributed by atoms with Gasteiger partial charge < -0.3 is 5.32 Å². The predicted octanol–water partition coefficient (Wildman–Crippen LogP) is 3.24. The van der Waals surface area contributed by atoms with Gasteiger partial charge in [-0.3, -0.25) is 9.78 Å². The normalized spacial score (nSPS) is 10.6. The van der Waals surface area contributed by atoms with Gasteiger partial charge in [0.25, 0.3) is 5.91 Å². The van der Waals surface area contributed by atoms with Crippen LogP contribution in [0.15, 0.2) is 42.9 Å². The molecule has 2 heterocycles. The van der Waals surface area contributed by atoms with Crippen molar-refractivity contribution in [3.63, 3.8) is 0 Å². The predicted molar refractivity (Wildman–Crippen MR) is 81.5 cm³/mol. The number of anilines is 1. The van der Waals surface area contributed by atoms with E-state index in [2.05, 4.69) is 20.3 Å². The Labute approximate surface area is 126 Å². The summed E-state index contributed by atoms with van der Waals surface area (Å²) in [6.45, 7) is 1.88. The molecular formula is C15H11ClN4O. The number of aromatic nitrogens is 3. The Morgan fingerprint density at radius 1 is 1.14 bits per heavy atom. The maximum Gasteiger partial charge on any atom is 0.257 e. The third-order valence-electron chi connectivity index (χ3n) is 3.02. The molecule has 0 saturated heterocycles. The van der Waals surface area contributed by atoms with E-state index in [-0.39, 0.29) is 5.91 Å². The number of halogens is 1. The van der Waals surface area contributed by atoms with E-state index < -0.39 is 0 Å². The fraction of sp³-hybridized carbons (Fsp3) is 0.0667. The Balaban J connectivity index is 1.89. The first-order valence-electron chi connectivity index (χ1n) is 6.28. The van der Waals surface area contributed by atoms with Gasteiger partial charge in [0.2, 0.25) is 0 Å². The SMILES string of the molecule is Cc1cc(Cl)ccc1NC(=O)c1cnc2nccnc2c1. The molecule has 0 fully saturated rings. The first-order chi connectivity index (χ1) is 10.1. The lowest BCUT2D eigenvalue weighted by molar-refractivity contribution is 0.102. The molecule has 3 rings (SSSR count). The molecule has 0 atom stereocenters. The molecule has 0 spiro atoms. The lowest BCUT2D eigenvalue weighted by Gasteiger charge is -2.08. The number of hydrogen-bond donors (Lipinski definition) is 1. The lowest BCUT2D eigenvalue weighted by atomic mass is 10.2. The van der Waals surface area contributed by atoms with Crippen molar-refractivity contribution in [3.05, 3.63) is 59.0 Å². The first-order valence-corrected chi connectivity index (χ1v) is 6.65. The second-order valence-electron chi connectivity index (χ2n) is 4.54. The van der Waals surface area contributed by atoms with E-state index in [0.717, 1.165) is 5.56 Å². The topological polar surface area (TPSA) is 67.8 Å². The van der Waals surface area contributed by atoms with Gasteiger partial charge in [-0.15, -0.1) is 0 Å². The van der Waals surface area contributed by atoms with Gasteiger partial charge in [-0.1, -0.05) is 11.6 Å². The van der Waals surface area contributed by atoms with E-state index in [0.29, 0.717) is 27.4 Å². The van der Waals surface area contributed by atoms with E-state index in [4.69, 9.17) is 11.6 Å². The number of benzene rings is 1. The number of hydrogen-bond acceptors (Lipinski definition) is 4. The molecule has 1 N–H and O–H groups in total. The van der Waals surface area contributed by atoms with Crippen LogP contribution in [0.3, 0.4) is 0 Å². The molecule has 0 unspecified atom stereocenters. The molecule has 5 nitrogen and oxygen atoms in total. The summed E-state index contributed by atoms with van der Waals surface area (Å²) >= 11 is 5.90. The molecule has 21 heavy (non-hydrogen) atoms. The smallest absolute Gasteiger partial charge is 0.257 e. The minimum absolute atomic E-state index is 0.250. The third-order valence-corrected chi connectivity index (χ3v) is 3.26. The fourth-order valence-electron chi connectivity index (χ4n) is 1.94. The molecule has 6 heteroatoms. The highest BCUT2D eigenvalue weighted by atomic mass is 35.5. The average molecular weight is 299 g/mol. The van der Waals surface area contributed by atoms with E-state index in [9.17, 15) is 4.79 Å². The highest BCUT2D eigenvalue weighted by Gasteiger charge is 2.10. The Morgan fingerprint density at radius 3 is 2.76 bits per heavy atom. The van der Waals surface area contributed by atoms with E-state index in [1.807, 2.05) is 6.92 Å². The summed E-state index contributed by atoms with van der Waals surface area (Å²) in [4.78, 5) is 24.6. The number of pyridine rings is 1. The molecule has 0 aliphatic carbocycles. The van der Waals surface area contributed by atoms with Gasteiger partial charge in [0.1, 0.15) is 5.52 Å². The largest absolute Gasteiger partial charge is 0.322 e. The third kappa shape index (κ3) is 2.83. The van der Waals surface area contributed by atoms with Gasteiger partial charge in [-0.05, 0) is 36.8 Å². The van der Waals surface area contributed by atoms with Crippen LogP contribution in [0.4, 0.5) is 5.69 Å². The van der Waals surface area contributed by atoms with E-state index in [1.54, 1.807) is 36.7 Å². The summed E-state index contributed by atoms with van der Waals surface area (Å²) in [7, 11) is 0. The number of amides is 1. The number of aryl methyl sites for hydroxylation is 1. The number of carbonyl (C=O) groups excluding carboxylic acids is 1. The van der Waals surface area contributed by atoms with Gasteiger partial charge in [-0.2, -0.15) is 0 Å². The Hall–Kier alpha value is -2.53. The Morgan fingerprint density at radius 2 is 1.95 bits per heavy atom. The van der Waals surface area contributed by atoms with Crippen LogP contribution in [0.25, 0.3) is 11.2 Å². The second kappa shape index (κ2) is 5.46. The van der Waals surface area contributed by atoms with Crippen LogP contribution in [-0.4, -0.2) is 20.9 Å². The zero-order valence-corrected chi connectivity index (χ0v) is 11.9. The number of nitrogens with one attached hydrogen (secondary N) is 1. The van der Waals surface area contributed by atoms with Crippen LogP contribution < -0.4 is 5.32 Å². The minimum Gasteiger partial charge on any atom is -0.322 e. The van der Waals surface area contributed by atoms with Crippen LogP contribution in [0.1, 0.15) is 15.9 Å². The molecule has 0 aliphatic heterocycles. The van der Waals surface area contributed by atoms with Crippen LogP contribution >= 0.6 is 11.6 Å². The molecule has 0 radical (unpaired) electrons. The maximum absolute atomic E-state index is 12.3. The van der Waals surface area contributed by atoms with Crippen LogP contribution in [0.5, 0.6) is 0 Å². The summed E-state index contributed by atoms with van der Waals surface area (Å²) in [5.41, 5.74) is 3.13. The number of nitrogens with zero attached hydrogens (tertiary/aromatic N) is 3. The van der Waals surface area contributed by atoms with Gasteiger partial charge >= 0.3 is 0 Å². The molecular weight excluding hydrogens is 288 g/mol. The van der Waals surface area contributed by atoms with Crippen LogP contribution in [0.2, 0.25) is 5.02 Å². The summed E-state index contributed by atoms with van der Waals surface area (Å²) in [5, 5.41) is 3.47. The van der Waals surface area contributed by atoms with Gasteiger partial charge in [-0.25, -0.2) is 9.97 Å². The van der Waals surface area contributed by atoms with E-state index >= 15 is 0 Å². The van der Waals surface area contributed by atoms with Crippen molar-refractivity contribution in [2.45, 2.75) is 6.92 Å². The molecule has 0 bridgehead atoms. The number of carbonyl (C=O) groups is 1. The fourth-order valence-corrected chi connectivity index (χ4v) is 2.17. The zero-order valence-electron chi connectivity index (χ0n) is 11.2. The zero-order chi connectivity index (χ0) is 14.8. The molecule has 1 amide bonds. The average Bonchev–Trinajstić information content (AvgIpc) is 2.49. The highest BCUT2D eigenvalue weighted by molar-refractivity contribution is 6.30. The van der Waals surface area contributed by atoms with Crippen molar-refractivity contribution in [2.75, 3.05) is 5.32 Å². The van der Waals surface area contributed by atoms with Crippen LogP contribution in [-0.2, 0) is 0 Å². The van der Waals surface area contributed by atoms with Crippen LogP contribution in [0, 0.1) is 6.92 Å².